The number of hydrogen-bond donors (Lipinski definition) is 1. The minimum Gasteiger partial charge on any atom is -0.493 e. The lowest BCUT2D eigenvalue weighted by molar-refractivity contribution is -0.142. The van der Waals surface area contributed by atoms with E-state index in [1.807, 2.05) is 11.8 Å². The first-order chi connectivity index (χ1) is 14.0. The zero-order chi connectivity index (χ0) is 20.5. The number of nitrogens with two attached hydrogens (primary N) is 1. The molecule has 29 heavy (non-hydrogen) atoms. The fourth-order valence-electron chi connectivity index (χ4n) is 3.92. The second kappa shape index (κ2) is 7.90. The quantitative estimate of drug-likeness (QED) is 0.821. The first kappa shape index (κ1) is 19.5. The monoisotopic (exact) mass is 401 g/mol. The van der Waals surface area contributed by atoms with Crippen LogP contribution in [0.25, 0.3) is 10.9 Å². The van der Waals surface area contributed by atoms with Gasteiger partial charge < -0.3 is 29.7 Å². The van der Waals surface area contributed by atoms with Crippen molar-refractivity contribution in [1.29, 1.82) is 0 Å². The molecule has 1 aromatic carbocycles. The van der Waals surface area contributed by atoms with Crippen molar-refractivity contribution in [3.63, 3.8) is 0 Å². The molecule has 0 saturated carbocycles. The average molecular weight is 401 g/mol. The summed E-state index contributed by atoms with van der Waals surface area (Å²) in [7, 11) is 3.16. The highest BCUT2D eigenvalue weighted by atomic mass is 16.5. The van der Waals surface area contributed by atoms with Crippen LogP contribution in [0.5, 0.6) is 11.5 Å². The summed E-state index contributed by atoms with van der Waals surface area (Å²) >= 11 is 0. The van der Waals surface area contributed by atoms with E-state index in [0.29, 0.717) is 60.3 Å². The van der Waals surface area contributed by atoms with Gasteiger partial charge in [0.15, 0.2) is 11.5 Å². The van der Waals surface area contributed by atoms with Crippen LogP contribution in [-0.4, -0.2) is 73.4 Å². The topological polar surface area (TPSA) is 103 Å². The first-order valence-corrected chi connectivity index (χ1v) is 9.88. The molecular formula is C20H27N5O4. The number of methoxy groups -OCH3 is 2. The van der Waals surface area contributed by atoms with Crippen molar-refractivity contribution in [2.45, 2.75) is 32.0 Å². The summed E-state index contributed by atoms with van der Waals surface area (Å²) in [5, 5.41) is 0.715. The molecule has 0 bridgehead atoms. The van der Waals surface area contributed by atoms with Gasteiger partial charge >= 0.3 is 0 Å². The molecule has 2 saturated heterocycles. The molecule has 1 unspecified atom stereocenters. The van der Waals surface area contributed by atoms with E-state index in [-0.39, 0.29) is 18.1 Å². The molecule has 0 radical (unpaired) electrons. The molecule has 9 nitrogen and oxygen atoms in total. The number of anilines is 2. The lowest BCUT2D eigenvalue weighted by Crippen LogP contribution is -2.52. The number of nitrogen functional groups attached to an aromatic ring is 1. The van der Waals surface area contributed by atoms with E-state index in [4.69, 9.17) is 19.9 Å². The second-order valence-corrected chi connectivity index (χ2v) is 7.46. The van der Waals surface area contributed by atoms with Gasteiger partial charge in [-0.25, -0.2) is 4.98 Å². The average Bonchev–Trinajstić information content (AvgIpc) is 3.18. The number of carbonyl (C=O) groups is 1. The number of nitrogens with zero attached hydrogens (tertiary/aromatic N) is 4. The lowest BCUT2D eigenvalue weighted by atomic mass is 10.1. The zero-order valence-electron chi connectivity index (χ0n) is 17.1. The Morgan fingerprint density at radius 2 is 1.79 bits per heavy atom. The number of fused-ring (bicyclic) bond motifs is 1. The number of rotatable bonds is 4. The third-order valence-corrected chi connectivity index (χ3v) is 5.60. The van der Waals surface area contributed by atoms with E-state index in [2.05, 4.69) is 14.9 Å². The number of ether oxygens (including phenoxy) is 3. The fraction of sp³-hybridized carbons (Fsp3) is 0.550. The number of amides is 1. The van der Waals surface area contributed by atoms with Gasteiger partial charge in [-0.1, -0.05) is 0 Å². The van der Waals surface area contributed by atoms with Crippen LogP contribution in [0, 0.1) is 0 Å². The van der Waals surface area contributed by atoms with Gasteiger partial charge in [0.25, 0.3) is 5.91 Å². The molecule has 2 aliphatic heterocycles. The van der Waals surface area contributed by atoms with Crippen LogP contribution < -0.4 is 20.1 Å². The van der Waals surface area contributed by atoms with Crippen molar-refractivity contribution >= 4 is 28.6 Å². The summed E-state index contributed by atoms with van der Waals surface area (Å²) in [5.74, 6) is 2.20. The van der Waals surface area contributed by atoms with Crippen LogP contribution in [0.15, 0.2) is 12.1 Å². The largest absolute Gasteiger partial charge is 0.493 e. The lowest BCUT2D eigenvalue weighted by Gasteiger charge is -2.35. The fourth-order valence-corrected chi connectivity index (χ4v) is 3.92. The zero-order valence-corrected chi connectivity index (χ0v) is 17.1. The summed E-state index contributed by atoms with van der Waals surface area (Å²) in [6.45, 7) is 4.52. The van der Waals surface area contributed by atoms with Gasteiger partial charge in [-0.3, -0.25) is 4.79 Å². The summed E-state index contributed by atoms with van der Waals surface area (Å²) in [6, 6.07) is 3.58. The van der Waals surface area contributed by atoms with E-state index in [1.54, 1.807) is 26.4 Å². The highest BCUT2D eigenvalue weighted by molar-refractivity contribution is 5.91. The molecular weight excluding hydrogens is 374 g/mol. The smallest absolute Gasteiger partial charge is 0.251 e. The molecule has 2 N–H and O–H groups in total. The van der Waals surface area contributed by atoms with Gasteiger partial charge in [-0.05, 0) is 25.8 Å². The minimum absolute atomic E-state index is 0.0878. The number of hydrogen-bond acceptors (Lipinski definition) is 8. The highest BCUT2D eigenvalue weighted by Crippen LogP contribution is 2.34. The molecule has 0 spiro atoms. The van der Waals surface area contributed by atoms with Crippen LogP contribution in [0.2, 0.25) is 0 Å². The predicted octanol–water partition coefficient (Wildman–Crippen LogP) is 1.45. The van der Waals surface area contributed by atoms with Gasteiger partial charge in [-0.2, -0.15) is 4.98 Å². The number of aromatic nitrogens is 2. The Hall–Kier alpha value is -2.81. The summed E-state index contributed by atoms with van der Waals surface area (Å²) < 4.78 is 16.4. The van der Waals surface area contributed by atoms with Crippen LogP contribution in [0.3, 0.4) is 0 Å². The van der Waals surface area contributed by atoms with E-state index in [0.717, 1.165) is 12.8 Å². The molecule has 1 aromatic heterocycles. The Morgan fingerprint density at radius 1 is 1.10 bits per heavy atom. The van der Waals surface area contributed by atoms with Gasteiger partial charge in [0.1, 0.15) is 11.9 Å². The Kier molecular flexibility index (Phi) is 5.31. The van der Waals surface area contributed by atoms with Crippen molar-refractivity contribution in [3.05, 3.63) is 12.1 Å². The van der Waals surface area contributed by atoms with E-state index < -0.39 is 0 Å². The molecule has 3 heterocycles. The summed E-state index contributed by atoms with van der Waals surface area (Å²) in [5.41, 5.74) is 6.89. The maximum Gasteiger partial charge on any atom is 0.251 e. The molecule has 1 amide bonds. The van der Waals surface area contributed by atoms with Gasteiger partial charge in [0.2, 0.25) is 5.95 Å². The summed E-state index contributed by atoms with van der Waals surface area (Å²) in [6.07, 6.45) is 1.60. The normalized spacial score (nSPS) is 22.2. The van der Waals surface area contributed by atoms with E-state index >= 15 is 0 Å². The van der Waals surface area contributed by atoms with E-state index in [9.17, 15) is 4.79 Å². The Balaban J connectivity index is 1.50. The molecule has 2 fully saturated rings. The SMILES string of the molecule is COc1cc2nc(N3CCN(C(=O)C4CC[C@@H](C)O4)CC3)nc(N)c2cc1OC. The van der Waals surface area contributed by atoms with Crippen molar-refractivity contribution in [1.82, 2.24) is 14.9 Å². The molecule has 9 heteroatoms. The van der Waals surface area contributed by atoms with Crippen molar-refractivity contribution in [2.75, 3.05) is 51.0 Å². The van der Waals surface area contributed by atoms with Crippen LogP contribution in [0.4, 0.5) is 11.8 Å². The molecule has 2 atom stereocenters. The Bertz CT molecular complexity index is 913. The molecule has 156 valence electrons. The van der Waals surface area contributed by atoms with E-state index in [1.165, 1.54) is 0 Å². The van der Waals surface area contributed by atoms with Gasteiger partial charge in [0.05, 0.1) is 25.8 Å². The predicted molar refractivity (Wildman–Crippen MR) is 109 cm³/mol. The molecule has 2 aliphatic rings. The number of piperazine rings is 1. The van der Waals surface area contributed by atoms with Crippen LogP contribution >= 0.6 is 0 Å². The molecule has 2 aromatic rings. The molecule has 0 aliphatic carbocycles. The number of carbonyl (C=O) groups excluding carboxylic acids is 1. The maximum absolute atomic E-state index is 12.7. The minimum atomic E-state index is -0.299. The van der Waals surface area contributed by atoms with Crippen LogP contribution in [0.1, 0.15) is 19.8 Å². The van der Waals surface area contributed by atoms with Crippen molar-refractivity contribution in [2.24, 2.45) is 0 Å². The highest BCUT2D eigenvalue weighted by Gasteiger charge is 2.33. The third kappa shape index (κ3) is 3.74. The van der Waals surface area contributed by atoms with Crippen molar-refractivity contribution in [3.8, 4) is 11.5 Å². The Labute approximate surface area is 169 Å². The Morgan fingerprint density at radius 3 is 2.41 bits per heavy atom. The summed E-state index contributed by atoms with van der Waals surface area (Å²) in [4.78, 5) is 25.7. The van der Waals surface area contributed by atoms with Gasteiger partial charge in [0, 0.05) is 37.6 Å². The molecule has 4 rings (SSSR count). The maximum atomic E-state index is 12.7. The van der Waals surface area contributed by atoms with Crippen LogP contribution in [-0.2, 0) is 9.53 Å². The second-order valence-electron chi connectivity index (χ2n) is 7.46. The third-order valence-electron chi connectivity index (χ3n) is 5.60. The standard InChI is InChI=1S/C20H27N5O4/c1-12-4-5-15(29-12)19(26)24-6-8-25(9-7-24)20-22-14-11-17(28-3)16(27-2)10-13(14)18(21)23-20/h10-12,15H,4-9H2,1-3H3,(H2,21,22,23)/t12-,15?/m1/s1. The van der Waals surface area contributed by atoms with Gasteiger partial charge in [-0.15, -0.1) is 0 Å². The first-order valence-electron chi connectivity index (χ1n) is 9.88. The van der Waals surface area contributed by atoms with Crippen molar-refractivity contribution < 1.29 is 19.0 Å². The number of benzene rings is 1.